The molecular formula is C16H13N5O2S. The Morgan fingerprint density at radius 1 is 1.33 bits per heavy atom. The van der Waals surface area contributed by atoms with E-state index in [1.54, 1.807) is 41.0 Å². The van der Waals surface area contributed by atoms with E-state index < -0.39 is 5.97 Å². The van der Waals surface area contributed by atoms with E-state index in [1.807, 2.05) is 6.26 Å². The number of ether oxygens (including phenoxy) is 1. The zero-order chi connectivity index (χ0) is 17.1. The lowest BCUT2D eigenvalue weighted by Gasteiger charge is -2.12. The first-order chi connectivity index (χ1) is 11.7. The topological polar surface area (TPSA) is 92.3 Å². The van der Waals surface area contributed by atoms with Crippen LogP contribution in [0, 0.1) is 11.3 Å². The molecule has 0 fully saturated rings. The van der Waals surface area contributed by atoms with Crippen molar-refractivity contribution < 1.29 is 9.53 Å². The van der Waals surface area contributed by atoms with E-state index >= 15 is 0 Å². The van der Waals surface area contributed by atoms with Crippen LogP contribution in [0.5, 0.6) is 0 Å². The van der Waals surface area contributed by atoms with E-state index in [4.69, 9.17) is 0 Å². The van der Waals surface area contributed by atoms with Crippen LogP contribution < -0.4 is 5.32 Å². The van der Waals surface area contributed by atoms with Gasteiger partial charge in [0.05, 0.1) is 18.9 Å². The summed E-state index contributed by atoms with van der Waals surface area (Å²) in [6, 6.07) is 10.7. The molecule has 0 unspecified atom stereocenters. The van der Waals surface area contributed by atoms with E-state index in [1.165, 1.54) is 18.9 Å². The number of aromatic nitrogens is 3. The first kappa shape index (κ1) is 15.8. The summed E-state index contributed by atoms with van der Waals surface area (Å²) in [5, 5.41) is 17.5. The fraction of sp³-hybridized carbons (Fsp3) is 0.125. The van der Waals surface area contributed by atoms with Gasteiger partial charge >= 0.3 is 5.97 Å². The minimum absolute atomic E-state index is 0.401. The van der Waals surface area contributed by atoms with Crippen molar-refractivity contribution in [2.24, 2.45) is 0 Å². The number of benzene rings is 1. The first-order valence-corrected chi connectivity index (χ1v) is 8.17. The van der Waals surface area contributed by atoms with Crippen LogP contribution in [-0.4, -0.2) is 33.9 Å². The minimum Gasteiger partial charge on any atom is -0.465 e. The smallest absolute Gasteiger partial charge is 0.337 e. The van der Waals surface area contributed by atoms with Crippen molar-refractivity contribution in [3.63, 3.8) is 0 Å². The molecule has 8 heteroatoms. The van der Waals surface area contributed by atoms with Crippen LogP contribution >= 0.6 is 11.8 Å². The highest BCUT2D eigenvalue weighted by molar-refractivity contribution is 7.98. The maximum atomic E-state index is 11.5. The second-order valence-corrected chi connectivity index (χ2v) is 5.55. The number of nitrogens with zero attached hydrogens (tertiary/aromatic N) is 4. The molecule has 0 spiro atoms. The third-order valence-corrected chi connectivity index (χ3v) is 4.06. The molecule has 120 valence electrons. The summed E-state index contributed by atoms with van der Waals surface area (Å²) < 4.78 is 6.26. The molecule has 0 atom stereocenters. The Hall–Kier alpha value is -3.05. The Labute approximate surface area is 142 Å². The fourth-order valence-electron chi connectivity index (χ4n) is 2.23. The molecule has 0 amide bonds. The third-order valence-electron chi connectivity index (χ3n) is 3.38. The molecule has 2 aromatic heterocycles. The van der Waals surface area contributed by atoms with Crippen molar-refractivity contribution in [3.8, 4) is 6.07 Å². The van der Waals surface area contributed by atoms with Gasteiger partial charge in [-0.15, -0.1) is 11.8 Å². The van der Waals surface area contributed by atoms with Gasteiger partial charge in [-0.2, -0.15) is 14.9 Å². The van der Waals surface area contributed by atoms with E-state index in [0.717, 1.165) is 0 Å². The Morgan fingerprint density at radius 2 is 2.08 bits per heavy atom. The van der Waals surface area contributed by atoms with Gasteiger partial charge in [0.2, 0.25) is 0 Å². The lowest BCUT2D eigenvalue weighted by molar-refractivity contribution is 0.0601. The molecule has 24 heavy (non-hydrogen) atoms. The molecule has 3 rings (SSSR count). The minimum atomic E-state index is -0.401. The van der Waals surface area contributed by atoms with Crippen LogP contribution in [-0.2, 0) is 4.74 Å². The number of thioether (sulfide) groups is 1. The van der Waals surface area contributed by atoms with Crippen LogP contribution in [0.25, 0.3) is 5.65 Å². The normalized spacial score (nSPS) is 10.4. The number of hydrogen-bond donors (Lipinski definition) is 1. The van der Waals surface area contributed by atoms with Crippen molar-refractivity contribution in [1.29, 1.82) is 5.26 Å². The number of methoxy groups -OCH3 is 1. The number of anilines is 2. The highest BCUT2D eigenvalue weighted by Crippen LogP contribution is 2.28. The lowest BCUT2D eigenvalue weighted by Crippen LogP contribution is -2.06. The van der Waals surface area contributed by atoms with Crippen LogP contribution in [0.15, 0.2) is 41.6 Å². The summed E-state index contributed by atoms with van der Waals surface area (Å²) in [5.41, 5.74) is 2.23. The highest BCUT2D eigenvalue weighted by Gasteiger charge is 2.16. The molecular weight excluding hydrogens is 326 g/mol. The largest absolute Gasteiger partial charge is 0.465 e. The molecule has 1 aromatic carbocycles. The lowest BCUT2D eigenvalue weighted by atomic mass is 10.2. The van der Waals surface area contributed by atoms with Gasteiger partial charge in [0.25, 0.3) is 0 Å². The van der Waals surface area contributed by atoms with Crippen LogP contribution in [0.3, 0.4) is 0 Å². The van der Waals surface area contributed by atoms with Crippen molar-refractivity contribution in [2.75, 3.05) is 18.7 Å². The number of nitrogens with one attached hydrogen (secondary N) is 1. The third kappa shape index (κ3) is 2.77. The molecule has 2 heterocycles. The van der Waals surface area contributed by atoms with E-state index in [2.05, 4.69) is 26.2 Å². The van der Waals surface area contributed by atoms with Gasteiger partial charge in [-0.3, -0.25) is 0 Å². The van der Waals surface area contributed by atoms with Crippen molar-refractivity contribution >= 4 is 34.9 Å². The zero-order valence-electron chi connectivity index (χ0n) is 13.0. The van der Waals surface area contributed by atoms with Gasteiger partial charge in [0, 0.05) is 11.8 Å². The van der Waals surface area contributed by atoms with E-state index in [-0.39, 0.29) is 0 Å². The van der Waals surface area contributed by atoms with Gasteiger partial charge in [-0.25, -0.2) is 9.78 Å². The summed E-state index contributed by atoms with van der Waals surface area (Å²) in [5.74, 6) is 0.130. The molecule has 0 bridgehead atoms. The number of carbonyl (C=O) groups is 1. The number of hydrogen-bond acceptors (Lipinski definition) is 7. The Kier molecular flexibility index (Phi) is 4.35. The number of nitriles is 1. The van der Waals surface area contributed by atoms with Crippen molar-refractivity contribution in [2.45, 2.75) is 5.03 Å². The summed E-state index contributed by atoms with van der Waals surface area (Å²) in [6.07, 6.45) is 3.49. The Balaban J connectivity index is 2.05. The summed E-state index contributed by atoms with van der Waals surface area (Å²) in [7, 11) is 1.34. The maximum absolute atomic E-state index is 11.5. The molecule has 1 N–H and O–H groups in total. The molecule has 0 saturated heterocycles. The van der Waals surface area contributed by atoms with Crippen LogP contribution in [0.4, 0.5) is 11.5 Å². The average molecular weight is 339 g/mol. The van der Waals surface area contributed by atoms with E-state index in [0.29, 0.717) is 33.3 Å². The van der Waals surface area contributed by atoms with Crippen LogP contribution in [0.1, 0.15) is 15.9 Å². The molecule has 0 aliphatic rings. The molecule has 7 nitrogen and oxygen atoms in total. The first-order valence-electron chi connectivity index (χ1n) is 6.95. The van der Waals surface area contributed by atoms with Gasteiger partial charge in [-0.1, -0.05) is 0 Å². The molecule has 0 aliphatic heterocycles. The van der Waals surface area contributed by atoms with Gasteiger partial charge in [0.1, 0.15) is 16.7 Å². The van der Waals surface area contributed by atoms with Crippen LogP contribution in [0.2, 0.25) is 0 Å². The predicted octanol–water partition coefficient (Wildman–Crippen LogP) is 2.85. The number of carbonyl (C=O) groups excluding carboxylic acids is 1. The standard InChI is InChI=1S/C16H13N5O2S/c1-23-16(22)10-3-5-11(6-4-10)19-14-12(9-17)15(24-2)20-13-7-8-18-21(13)14/h3-8,19H,1-2H3. The van der Waals surface area contributed by atoms with Gasteiger partial charge < -0.3 is 10.1 Å². The molecule has 3 aromatic rings. The Morgan fingerprint density at radius 3 is 2.71 bits per heavy atom. The average Bonchev–Trinajstić information content (AvgIpc) is 3.09. The predicted molar refractivity (Wildman–Crippen MR) is 90.5 cm³/mol. The molecule has 0 radical (unpaired) electrons. The second-order valence-electron chi connectivity index (χ2n) is 4.75. The van der Waals surface area contributed by atoms with Crippen molar-refractivity contribution in [3.05, 3.63) is 47.7 Å². The highest BCUT2D eigenvalue weighted by atomic mass is 32.2. The molecule has 0 saturated carbocycles. The summed E-state index contributed by atoms with van der Waals surface area (Å²) in [4.78, 5) is 15.9. The second kappa shape index (κ2) is 6.60. The molecule has 0 aliphatic carbocycles. The van der Waals surface area contributed by atoms with Crippen molar-refractivity contribution in [1.82, 2.24) is 14.6 Å². The quantitative estimate of drug-likeness (QED) is 0.444. The van der Waals surface area contributed by atoms with E-state index in [9.17, 15) is 10.1 Å². The van der Waals surface area contributed by atoms with Gasteiger partial charge in [-0.05, 0) is 30.5 Å². The number of rotatable bonds is 4. The van der Waals surface area contributed by atoms with Gasteiger partial charge in [0.15, 0.2) is 11.5 Å². The monoisotopic (exact) mass is 339 g/mol. The summed E-state index contributed by atoms with van der Waals surface area (Å²) in [6.45, 7) is 0. The zero-order valence-corrected chi connectivity index (χ0v) is 13.8. The number of fused-ring (bicyclic) bond motifs is 1. The summed E-state index contributed by atoms with van der Waals surface area (Å²) >= 11 is 1.40. The Bertz CT molecular complexity index is 943. The number of esters is 1. The SMILES string of the molecule is COC(=O)c1ccc(Nc2c(C#N)c(SC)nc3ccnn23)cc1. The fourth-order valence-corrected chi connectivity index (χ4v) is 2.76. The maximum Gasteiger partial charge on any atom is 0.337 e.